The van der Waals surface area contributed by atoms with Crippen molar-refractivity contribution in [2.75, 3.05) is 31.6 Å². The summed E-state index contributed by atoms with van der Waals surface area (Å²) in [6, 6.07) is 5.87. The second-order valence-corrected chi connectivity index (χ2v) is 7.59. The quantitative estimate of drug-likeness (QED) is 0.702. The molecule has 0 aliphatic carbocycles. The van der Waals surface area contributed by atoms with Gasteiger partial charge in [0.2, 0.25) is 5.91 Å². The summed E-state index contributed by atoms with van der Waals surface area (Å²) >= 11 is 0. The number of hydrogen-bond donors (Lipinski definition) is 1. The molecule has 0 saturated carbocycles. The summed E-state index contributed by atoms with van der Waals surface area (Å²) in [7, 11) is 0. The number of esters is 1. The number of anilines is 1. The van der Waals surface area contributed by atoms with Crippen molar-refractivity contribution in [2.45, 2.75) is 40.2 Å². The van der Waals surface area contributed by atoms with E-state index in [0.29, 0.717) is 31.1 Å². The fourth-order valence-electron chi connectivity index (χ4n) is 3.91. The number of nitriles is 1. The highest BCUT2D eigenvalue weighted by molar-refractivity contribution is 5.93. The van der Waals surface area contributed by atoms with Gasteiger partial charge in [-0.05, 0) is 57.9 Å². The zero-order valence-corrected chi connectivity index (χ0v) is 17.7. The first-order chi connectivity index (χ1) is 14.4. The molecule has 1 aliphatic rings. The summed E-state index contributed by atoms with van der Waals surface area (Å²) in [5.41, 5.74) is 2.19. The molecule has 0 spiro atoms. The number of carbonyl (C=O) groups is 2. The zero-order valence-electron chi connectivity index (χ0n) is 17.7. The molecule has 1 unspecified atom stereocenters. The van der Waals surface area contributed by atoms with Crippen LogP contribution in [0.5, 0.6) is 0 Å². The molecule has 3 heterocycles. The van der Waals surface area contributed by atoms with Crippen molar-refractivity contribution in [2.24, 2.45) is 5.92 Å². The lowest BCUT2D eigenvalue weighted by atomic mass is 9.98. The third-order valence-corrected chi connectivity index (χ3v) is 5.59. The Balaban J connectivity index is 1.72. The van der Waals surface area contributed by atoms with Crippen LogP contribution in [-0.4, -0.2) is 47.6 Å². The lowest BCUT2D eigenvalue weighted by Crippen LogP contribution is -2.43. The second kappa shape index (κ2) is 9.63. The van der Waals surface area contributed by atoms with E-state index in [2.05, 4.69) is 11.4 Å². The van der Waals surface area contributed by atoms with Crippen molar-refractivity contribution in [3.63, 3.8) is 0 Å². The van der Waals surface area contributed by atoms with Crippen molar-refractivity contribution in [1.82, 2.24) is 9.47 Å². The Morgan fingerprint density at radius 3 is 2.87 bits per heavy atom. The standard InChI is InChI=1S/C22H28N4O4/c1-4-29-22(28)17-7-5-9-25(12-17)14-20(27)24-21-19(11-23)15(2)16(3)26(21)13-18-8-6-10-30-18/h6,8,10,17H,4-5,7,9,12-14H2,1-3H3,(H,24,27). The maximum Gasteiger partial charge on any atom is 0.310 e. The van der Waals surface area contributed by atoms with E-state index in [-0.39, 0.29) is 24.3 Å². The fraction of sp³-hybridized carbons (Fsp3) is 0.500. The van der Waals surface area contributed by atoms with E-state index in [1.807, 2.05) is 29.4 Å². The van der Waals surface area contributed by atoms with E-state index in [1.54, 1.807) is 19.3 Å². The lowest BCUT2D eigenvalue weighted by molar-refractivity contribution is -0.150. The first-order valence-corrected chi connectivity index (χ1v) is 10.3. The minimum atomic E-state index is -0.214. The average Bonchev–Trinajstić information content (AvgIpc) is 3.31. The molecule has 0 bridgehead atoms. The summed E-state index contributed by atoms with van der Waals surface area (Å²) in [5.74, 6) is 0.602. The Labute approximate surface area is 176 Å². The topological polar surface area (TPSA) is 101 Å². The van der Waals surface area contributed by atoms with Crippen molar-refractivity contribution < 1.29 is 18.7 Å². The van der Waals surface area contributed by atoms with Crippen LogP contribution in [0.1, 0.15) is 42.3 Å². The van der Waals surface area contributed by atoms with Crippen LogP contribution in [0.2, 0.25) is 0 Å². The van der Waals surface area contributed by atoms with Crippen LogP contribution in [0.4, 0.5) is 5.82 Å². The number of carbonyl (C=O) groups excluding carboxylic acids is 2. The molecule has 30 heavy (non-hydrogen) atoms. The van der Waals surface area contributed by atoms with Gasteiger partial charge in [-0.2, -0.15) is 5.26 Å². The molecule has 8 nitrogen and oxygen atoms in total. The fourth-order valence-corrected chi connectivity index (χ4v) is 3.91. The molecular weight excluding hydrogens is 384 g/mol. The molecule has 1 atom stereocenters. The van der Waals surface area contributed by atoms with Gasteiger partial charge in [0, 0.05) is 12.2 Å². The zero-order chi connectivity index (χ0) is 21.7. The summed E-state index contributed by atoms with van der Waals surface area (Å²) in [6.45, 7) is 7.78. The van der Waals surface area contributed by atoms with E-state index >= 15 is 0 Å². The number of rotatable bonds is 7. The van der Waals surface area contributed by atoms with Crippen LogP contribution in [-0.2, 0) is 20.9 Å². The largest absolute Gasteiger partial charge is 0.467 e. The highest BCUT2D eigenvalue weighted by atomic mass is 16.5. The van der Waals surface area contributed by atoms with Gasteiger partial charge in [-0.25, -0.2) is 0 Å². The number of furan rings is 1. The van der Waals surface area contributed by atoms with Gasteiger partial charge in [-0.3, -0.25) is 14.5 Å². The predicted octanol–water partition coefficient (Wildman–Crippen LogP) is 2.83. The normalized spacial score (nSPS) is 16.8. The van der Waals surface area contributed by atoms with Gasteiger partial charge in [0.25, 0.3) is 0 Å². The maximum atomic E-state index is 12.8. The molecule has 1 amide bonds. The second-order valence-electron chi connectivity index (χ2n) is 7.59. The number of nitrogens with one attached hydrogen (secondary N) is 1. The number of amides is 1. The van der Waals surface area contributed by atoms with Crippen LogP contribution < -0.4 is 5.32 Å². The summed E-state index contributed by atoms with van der Waals surface area (Å²) in [6.07, 6.45) is 3.22. The van der Waals surface area contributed by atoms with E-state index < -0.39 is 0 Å². The average molecular weight is 412 g/mol. The molecule has 2 aromatic rings. The lowest BCUT2D eigenvalue weighted by Gasteiger charge is -2.30. The molecular formula is C22H28N4O4. The minimum Gasteiger partial charge on any atom is -0.467 e. The maximum absolute atomic E-state index is 12.8. The Kier molecular flexibility index (Phi) is 6.95. The molecule has 0 aromatic carbocycles. The number of piperidine rings is 1. The van der Waals surface area contributed by atoms with Gasteiger partial charge in [-0.1, -0.05) is 0 Å². The molecule has 1 fully saturated rings. The highest BCUT2D eigenvalue weighted by Gasteiger charge is 2.28. The Morgan fingerprint density at radius 2 is 2.20 bits per heavy atom. The third-order valence-electron chi connectivity index (χ3n) is 5.59. The van der Waals surface area contributed by atoms with Gasteiger partial charge < -0.3 is 19.0 Å². The van der Waals surface area contributed by atoms with Gasteiger partial charge in [0.15, 0.2) is 0 Å². The number of ether oxygens (including phenoxy) is 1. The number of likely N-dealkylation sites (tertiary alicyclic amines) is 1. The van der Waals surface area contributed by atoms with Gasteiger partial charge >= 0.3 is 5.97 Å². The first-order valence-electron chi connectivity index (χ1n) is 10.3. The smallest absolute Gasteiger partial charge is 0.310 e. The highest BCUT2D eigenvalue weighted by Crippen LogP contribution is 2.27. The first kappa shape index (κ1) is 21.7. The van der Waals surface area contributed by atoms with E-state index in [1.165, 1.54) is 0 Å². The van der Waals surface area contributed by atoms with Crippen molar-refractivity contribution in [3.05, 3.63) is 41.0 Å². The number of hydrogen-bond acceptors (Lipinski definition) is 6. The SMILES string of the molecule is CCOC(=O)C1CCCN(CC(=O)Nc2c(C#N)c(C)c(C)n2Cc2ccco2)C1. The molecule has 1 N–H and O–H groups in total. The summed E-state index contributed by atoms with van der Waals surface area (Å²) < 4.78 is 12.5. The van der Waals surface area contributed by atoms with Crippen molar-refractivity contribution >= 4 is 17.7 Å². The minimum absolute atomic E-state index is 0.158. The monoisotopic (exact) mass is 412 g/mol. The van der Waals surface area contributed by atoms with Crippen molar-refractivity contribution in [1.29, 1.82) is 5.26 Å². The molecule has 1 saturated heterocycles. The van der Waals surface area contributed by atoms with Crippen LogP contribution in [0.25, 0.3) is 0 Å². The van der Waals surface area contributed by atoms with Crippen LogP contribution in [0, 0.1) is 31.1 Å². The molecule has 0 radical (unpaired) electrons. The summed E-state index contributed by atoms with van der Waals surface area (Å²) in [5, 5.41) is 12.6. The Morgan fingerprint density at radius 1 is 1.40 bits per heavy atom. The van der Waals surface area contributed by atoms with E-state index in [9.17, 15) is 14.9 Å². The molecule has 160 valence electrons. The molecule has 3 rings (SSSR count). The Hall–Kier alpha value is -3.05. The van der Waals surface area contributed by atoms with Crippen molar-refractivity contribution in [3.8, 4) is 6.07 Å². The van der Waals surface area contributed by atoms with Crippen LogP contribution >= 0.6 is 0 Å². The van der Waals surface area contributed by atoms with E-state index in [4.69, 9.17) is 9.15 Å². The Bertz CT molecular complexity index is 939. The van der Waals surface area contributed by atoms with E-state index in [0.717, 1.165) is 36.4 Å². The van der Waals surface area contributed by atoms with Gasteiger partial charge in [-0.15, -0.1) is 0 Å². The molecule has 1 aliphatic heterocycles. The number of aromatic nitrogens is 1. The third kappa shape index (κ3) is 4.74. The predicted molar refractivity (Wildman–Crippen MR) is 111 cm³/mol. The molecule has 2 aromatic heterocycles. The van der Waals surface area contributed by atoms with Gasteiger partial charge in [0.1, 0.15) is 17.6 Å². The molecule has 8 heteroatoms. The number of nitrogens with zero attached hydrogens (tertiary/aromatic N) is 3. The van der Waals surface area contributed by atoms with Gasteiger partial charge in [0.05, 0.1) is 37.4 Å². The van der Waals surface area contributed by atoms with Crippen LogP contribution in [0.3, 0.4) is 0 Å². The summed E-state index contributed by atoms with van der Waals surface area (Å²) in [4.78, 5) is 26.8. The van der Waals surface area contributed by atoms with Crippen LogP contribution in [0.15, 0.2) is 22.8 Å².